The van der Waals surface area contributed by atoms with Gasteiger partial charge in [0.1, 0.15) is 12.4 Å². The highest BCUT2D eigenvalue weighted by molar-refractivity contribution is 7.97. The maximum Gasteiger partial charge on any atom is 0.257 e. The van der Waals surface area contributed by atoms with Gasteiger partial charge >= 0.3 is 0 Å². The lowest BCUT2D eigenvalue weighted by Crippen LogP contribution is -2.21. The van der Waals surface area contributed by atoms with E-state index >= 15 is 0 Å². The smallest absolute Gasteiger partial charge is 0.257 e. The number of carbonyl (C=O) groups excluding carboxylic acids is 1. The van der Waals surface area contributed by atoms with E-state index in [1.54, 1.807) is 31.2 Å². The molecule has 108 valence electrons. The SMILES string of the molecule is CC#CCOc1ccc(SN(O)C(=O)CC(C)C)cc1. The van der Waals surface area contributed by atoms with Crippen molar-refractivity contribution in [3.8, 4) is 17.6 Å². The van der Waals surface area contributed by atoms with Gasteiger partial charge in [-0.05, 0) is 37.1 Å². The molecule has 1 aromatic carbocycles. The monoisotopic (exact) mass is 293 g/mol. The normalized spacial score (nSPS) is 9.85. The molecule has 0 fully saturated rings. The Labute approximate surface area is 124 Å². The molecule has 0 saturated heterocycles. The van der Waals surface area contributed by atoms with Gasteiger partial charge in [0.25, 0.3) is 5.91 Å². The molecule has 1 rings (SSSR count). The first-order valence-corrected chi connectivity index (χ1v) is 7.12. The molecule has 0 bridgehead atoms. The molecule has 0 aliphatic rings. The Balaban J connectivity index is 2.51. The van der Waals surface area contributed by atoms with Crippen LogP contribution in [0.5, 0.6) is 5.75 Å². The van der Waals surface area contributed by atoms with Gasteiger partial charge in [-0.25, -0.2) is 0 Å². The molecule has 1 N–H and O–H groups in total. The van der Waals surface area contributed by atoms with E-state index < -0.39 is 0 Å². The van der Waals surface area contributed by atoms with Crippen LogP contribution in [-0.4, -0.2) is 22.2 Å². The highest BCUT2D eigenvalue weighted by Gasteiger charge is 2.14. The summed E-state index contributed by atoms with van der Waals surface area (Å²) in [6.07, 6.45) is 0.320. The molecule has 0 spiro atoms. The first-order valence-electron chi connectivity index (χ1n) is 6.35. The summed E-state index contributed by atoms with van der Waals surface area (Å²) >= 11 is 0.987. The zero-order chi connectivity index (χ0) is 15.0. The van der Waals surface area contributed by atoms with Gasteiger partial charge in [-0.3, -0.25) is 10.0 Å². The Morgan fingerprint density at radius 2 is 2.05 bits per heavy atom. The van der Waals surface area contributed by atoms with Crippen molar-refractivity contribution in [1.29, 1.82) is 0 Å². The predicted octanol–water partition coefficient (Wildman–Crippen LogP) is 3.36. The van der Waals surface area contributed by atoms with Crippen molar-refractivity contribution < 1.29 is 14.7 Å². The Hall–Kier alpha value is -1.64. The second-order valence-corrected chi connectivity index (χ2v) is 5.54. The third-order valence-electron chi connectivity index (χ3n) is 2.30. The van der Waals surface area contributed by atoms with Gasteiger partial charge in [0, 0.05) is 23.3 Å². The summed E-state index contributed by atoms with van der Waals surface area (Å²) < 4.78 is 6.06. The number of hydrogen-bond donors (Lipinski definition) is 1. The van der Waals surface area contributed by atoms with Crippen LogP contribution in [0.15, 0.2) is 29.2 Å². The molecule has 0 aromatic heterocycles. The molecule has 20 heavy (non-hydrogen) atoms. The van der Waals surface area contributed by atoms with E-state index in [1.807, 2.05) is 13.8 Å². The lowest BCUT2D eigenvalue weighted by Gasteiger charge is -2.14. The molecule has 0 atom stereocenters. The van der Waals surface area contributed by atoms with E-state index in [1.165, 1.54) is 0 Å². The van der Waals surface area contributed by atoms with Crippen LogP contribution in [0.25, 0.3) is 0 Å². The summed E-state index contributed by atoms with van der Waals surface area (Å²) in [4.78, 5) is 12.4. The number of benzene rings is 1. The molecule has 0 radical (unpaired) electrons. The molecule has 1 amide bonds. The minimum atomic E-state index is -0.302. The summed E-state index contributed by atoms with van der Waals surface area (Å²) in [7, 11) is 0. The summed E-state index contributed by atoms with van der Waals surface area (Å²) in [6.45, 7) is 5.97. The minimum absolute atomic E-state index is 0.216. The van der Waals surface area contributed by atoms with Gasteiger partial charge in [-0.15, -0.1) is 5.92 Å². The minimum Gasteiger partial charge on any atom is -0.481 e. The van der Waals surface area contributed by atoms with E-state index in [0.717, 1.165) is 16.8 Å². The largest absolute Gasteiger partial charge is 0.481 e. The van der Waals surface area contributed by atoms with Crippen molar-refractivity contribution in [1.82, 2.24) is 4.47 Å². The van der Waals surface area contributed by atoms with Crippen molar-refractivity contribution in [3.05, 3.63) is 24.3 Å². The Morgan fingerprint density at radius 1 is 1.40 bits per heavy atom. The van der Waals surface area contributed by atoms with Gasteiger partial charge < -0.3 is 4.74 Å². The van der Waals surface area contributed by atoms with Crippen LogP contribution < -0.4 is 4.74 Å². The van der Waals surface area contributed by atoms with E-state index in [4.69, 9.17) is 4.74 Å². The van der Waals surface area contributed by atoms with Crippen LogP contribution in [0.1, 0.15) is 27.2 Å². The van der Waals surface area contributed by atoms with Crippen molar-refractivity contribution in [2.45, 2.75) is 32.1 Å². The fraction of sp³-hybridized carbons (Fsp3) is 0.400. The van der Waals surface area contributed by atoms with Crippen LogP contribution in [0.3, 0.4) is 0 Å². The molecule has 5 heteroatoms. The Kier molecular flexibility index (Phi) is 6.99. The van der Waals surface area contributed by atoms with E-state index in [0.29, 0.717) is 23.2 Å². The maximum atomic E-state index is 11.6. The molecule has 0 aliphatic heterocycles. The molecule has 1 aromatic rings. The van der Waals surface area contributed by atoms with Gasteiger partial charge in [0.05, 0.1) is 0 Å². The average Bonchev–Trinajstić information content (AvgIpc) is 2.40. The number of ether oxygens (including phenoxy) is 1. The zero-order valence-electron chi connectivity index (χ0n) is 11.9. The number of hydroxylamine groups is 1. The lowest BCUT2D eigenvalue weighted by atomic mass is 10.1. The third kappa shape index (κ3) is 6.00. The summed E-state index contributed by atoms with van der Waals surface area (Å²) in [6, 6.07) is 7.12. The van der Waals surface area contributed by atoms with Crippen LogP contribution in [0, 0.1) is 17.8 Å². The quantitative estimate of drug-likeness (QED) is 0.378. The molecular weight excluding hydrogens is 274 g/mol. The second kappa shape index (κ2) is 8.51. The number of carbonyl (C=O) groups is 1. The molecule has 0 saturated carbocycles. The highest BCUT2D eigenvalue weighted by atomic mass is 32.2. The lowest BCUT2D eigenvalue weighted by molar-refractivity contribution is -0.145. The number of amides is 1. The van der Waals surface area contributed by atoms with Crippen LogP contribution in [-0.2, 0) is 4.79 Å². The third-order valence-corrected chi connectivity index (χ3v) is 3.16. The zero-order valence-corrected chi connectivity index (χ0v) is 12.7. The molecule has 4 nitrogen and oxygen atoms in total. The van der Waals surface area contributed by atoms with Crippen molar-refractivity contribution in [2.24, 2.45) is 5.92 Å². The first kappa shape index (κ1) is 16.4. The predicted molar refractivity (Wildman–Crippen MR) is 79.3 cm³/mol. The van der Waals surface area contributed by atoms with E-state index in [-0.39, 0.29) is 11.8 Å². The molecular formula is C15H19NO3S. The average molecular weight is 293 g/mol. The van der Waals surface area contributed by atoms with Crippen molar-refractivity contribution in [2.75, 3.05) is 6.61 Å². The summed E-state index contributed by atoms with van der Waals surface area (Å²) in [5.74, 6) is 6.17. The Morgan fingerprint density at radius 3 is 2.60 bits per heavy atom. The topological polar surface area (TPSA) is 49.8 Å². The van der Waals surface area contributed by atoms with Gasteiger partial charge in [-0.2, -0.15) is 4.47 Å². The van der Waals surface area contributed by atoms with Crippen LogP contribution in [0.2, 0.25) is 0 Å². The molecule has 0 unspecified atom stereocenters. The maximum absolute atomic E-state index is 11.6. The number of nitrogens with zero attached hydrogens (tertiary/aromatic N) is 1. The van der Waals surface area contributed by atoms with E-state index in [2.05, 4.69) is 11.8 Å². The Bertz CT molecular complexity index is 488. The first-order chi connectivity index (χ1) is 9.52. The summed E-state index contributed by atoms with van der Waals surface area (Å²) in [5.41, 5.74) is 0. The number of hydrogen-bond acceptors (Lipinski definition) is 4. The summed E-state index contributed by atoms with van der Waals surface area (Å²) in [5, 5.41) is 9.66. The van der Waals surface area contributed by atoms with E-state index in [9.17, 15) is 10.0 Å². The van der Waals surface area contributed by atoms with Crippen LogP contribution in [0.4, 0.5) is 0 Å². The molecule has 0 aliphatic carbocycles. The van der Waals surface area contributed by atoms with Gasteiger partial charge in [0.15, 0.2) is 0 Å². The fourth-order valence-electron chi connectivity index (χ4n) is 1.37. The number of rotatable bonds is 6. The van der Waals surface area contributed by atoms with Gasteiger partial charge in [0.2, 0.25) is 0 Å². The fourth-order valence-corrected chi connectivity index (χ4v) is 2.00. The van der Waals surface area contributed by atoms with Crippen molar-refractivity contribution in [3.63, 3.8) is 0 Å². The van der Waals surface area contributed by atoms with Gasteiger partial charge in [-0.1, -0.05) is 19.8 Å². The standard InChI is InChI=1S/C15H19NO3S/c1-4-5-10-19-13-6-8-14(9-7-13)20-16(18)15(17)11-12(2)3/h6-9,12,18H,10-11H2,1-3H3. The van der Waals surface area contributed by atoms with Crippen molar-refractivity contribution >= 4 is 17.9 Å². The second-order valence-electron chi connectivity index (χ2n) is 4.54. The highest BCUT2D eigenvalue weighted by Crippen LogP contribution is 2.24. The van der Waals surface area contributed by atoms with Crippen LogP contribution >= 0.6 is 11.9 Å². The molecule has 0 heterocycles.